The molecule has 0 atom stereocenters. The average Bonchev–Trinajstić information content (AvgIpc) is 3.34. The van der Waals surface area contributed by atoms with Crippen LogP contribution in [0.15, 0.2) is 54.9 Å². The standard InChI is InChI=1S/C23H24N6O3/c1-31-19-7-3-17(4-8-19)22(18-5-9-20(32-2)10-6-18)27-11-13-28(14-12-27)23(30)29-16-25-21(15-24)26-29/h3-10,16,22H,11-14H2,1-2H3. The number of aromatic nitrogens is 3. The van der Waals surface area contributed by atoms with Crippen LogP contribution in [-0.2, 0) is 0 Å². The Bertz CT molecular complexity index is 1050. The largest absolute Gasteiger partial charge is 0.497 e. The van der Waals surface area contributed by atoms with Crippen molar-refractivity contribution in [1.29, 1.82) is 5.26 Å². The average molecular weight is 432 g/mol. The van der Waals surface area contributed by atoms with Crippen LogP contribution in [-0.4, -0.2) is 71.0 Å². The molecule has 32 heavy (non-hydrogen) atoms. The van der Waals surface area contributed by atoms with Gasteiger partial charge in [-0.25, -0.2) is 9.78 Å². The van der Waals surface area contributed by atoms with E-state index in [1.54, 1.807) is 19.1 Å². The molecule has 0 unspecified atom stereocenters. The molecule has 2 heterocycles. The van der Waals surface area contributed by atoms with Gasteiger partial charge in [0.2, 0.25) is 0 Å². The molecular formula is C23H24N6O3. The molecule has 9 nitrogen and oxygen atoms in total. The molecule has 1 aliphatic heterocycles. The molecule has 164 valence electrons. The van der Waals surface area contributed by atoms with Gasteiger partial charge in [0.05, 0.1) is 20.3 Å². The van der Waals surface area contributed by atoms with Crippen molar-refractivity contribution in [2.24, 2.45) is 0 Å². The van der Waals surface area contributed by atoms with Gasteiger partial charge in [-0.05, 0) is 35.4 Å². The van der Waals surface area contributed by atoms with Crippen LogP contribution >= 0.6 is 0 Å². The SMILES string of the molecule is COc1ccc(C(c2ccc(OC)cc2)N2CCN(C(=O)n3cnc(C#N)n3)CC2)cc1. The second-order valence-electron chi connectivity index (χ2n) is 7.38. The number of ether oxygens (including phenoxy) is 2. The van der Waals surface area contributed by atoms with Gasteiger partial charge in [-0.1, -0.05) is 24.3 Å². The van der Waals surface area contributed by atoms with Crippen LogP contribution in [0, 0.1) is 11.3 Å². The van der Waals surface area contributed by atoms with Crippen LogP contribution in [0.4, 0.5) is 4.79 Å². The van der Waals surface area contributed by atoms with Crippen LogP contribution in [0.5, 0.6) is 11.5 Å². The summed E-state index contributed by atoms with van der Waals surface area (Å²) in [5, 5.41) is 12.8. The Hall–Kier alpha value is -3.90. The van der Waals surface area contributed by atoms with E-state index in [1.165, 1.54) is 6.33 Å². The molecule has 0 saturated carbocycles. The zero-order chi connectivity index (χ0) is 22.5. The fraction of sp³-hybridized carbons (Fsp3) is 0.304. The first-order chi connectivity index (χ1) is 15.6. The second-order valence-corrected chi connectivity index (χ2v) is 7.38. The summed E-state index contributed by atoms with van der Waals surface area (Å²) in [7, 11) is 3.31. The van der Waals surface area contributed by atoms with Crippen molar-refractivity contribution in [2.75, 3.05) is 40.4 Å². The molecule has 9 heteroatoms. The molecule has 0 radical (unpaired) electrons. The summed E-state index contributed by atoms with van der Waals surface area (Å²) in [6.07, 6.45) is 1.28. The van der Waals surface area contributed by atoms with E-state index in [-0.39, 0.29) is 17.9 Å². The quantitative estimate of drug-likeness (QED) is 0.611. The molecule has 1 aliphatic rings. The molecule has 1 amide bonds. The Morgan fingerprint density at radius 2 is 1.47 bits per heavy atom. The molecular weight excluding hydrogens is 408 g/mol. The van der Waals surface area contributed by atoms with Crippen LogP contribution in [0.1, 0.15) is 23.0 Å². The van der Waals surface area contributed by atoms with E-state index in [1.807, 2.05) is 30.3 Å². The molecule has 1 fully saturated rings. The highest BCUT2D eigenvalue weighted by atomic mass is 16.5. The number of hydrogen-bond donors (Lipinski definition) is 0. The van der Waals surface area contributed by atoms with Crippen molar-refractivity contribution in [1.82, 2.24) is 24.6 Å². The predicted molar refractivity (Wildman–Crippen MR) is 117 cm³/mol. The maximum absolute atomic E-state index is 12.7. The summed E-state index contributed by atoms with van der Waals surface area (Å²) >= 11 is 0. The van der Waals surface area contributed by atoms with Gasteiger partial charge >= 0.3 is 6.03 Å². The minimum atomic E-state index is -0.274. The number of piperazine rings is 1. The van der Waals surface area contributed by atoms with E-state index in [2.05, 4.69) is 39.2 Å². The summed E-state index contributed by atoms with van der Waals surface area (Å²) < 4.78 is 11.8. The number of rotatable bonds is 5. The first-order valence-corrected chi connectivity index (χ1v) is 10.3. The topological polar surface area (TPSA) is 96.5 Å². The summed E-state index contributed by atoms with van der Waals surface area (Å²) in [5.74, 6) is 1.60. The lowest BCUT2D eigenvalue weighted by molar-refractivity contribution is 0.119. The number of benzene rings is 2. The normalized spacial score (nSPS) is 14.2. The van der Waals surface area contributed by atoms with Crippen LogP contribution in [0.2, 0.25) is 0 Å². The Balaban J connectivity index is 1.53. The Labute approximate surface area is 186 Å². The van der Waals surface area contributed by atoms with Crippen molar-refractivity contribution >= 4 is 6.03 Å². The third-order valence-corrected chi connectivity index (χ3v) is 5.60. The Morgan fingerprint density at radius 3 is 1.91 bits per heavy atom. The van der Waals surface area contributed by atoms with Crippen molar-refractivity contribution in [3.8, 4) is 17.6 Å². The molecule has 0 bridgehead atoms. The molecule has 4 rings (SSSR count). The minimum Gasteiger partial charge on any atom is -0.497 e. The highest BCUT2D eigenvalue weighted by Crippen LogP contribution is 2.32. The first-order valence-electron chi connectivity index (χ1n) is 10.3. The fourth-order valence-electron chi connectivity index (χ4n) is 3.91. The smallest absolute Gasteiger partial charge is 0.346 e. The van der Waals surface area contributed by atoms with E-state index in [4.69, 9.17) is 14.7 Å². The summed E-state index contributed by atoms with van der Waals surface area (Å²) in [6.45, 7) is 2.47. The van der Waals surface area contributed by atoms with Crippen LogP contribution < -0.4 is 9.47 Å². The molecule has 0 N–H and O–H groups in total. The van der Waals surface area contributed by atoms with Crippen molar-refractivity contribution in [3.05, 3.63) is 71.8 Å². The van der Waals surface area contributed by atoms with Crippen molar-refractivity contribution < 1.29 is 14.3 Å². The number of methoxy groups -OCH3 is 2. The highest BCUT2D eigenvalue weighted by Gasteiger charge is 2.29. The maximum Gasteiger partial charge on any atom is 0.346 e. The van der Waals surface area contributed by atoms with Gasteiger partial charge in [0.15, 0.2) is 0 Å². The predicted octanol–water partition coefficient (Wildman–Crippen LogP) is 2.54. The number of amides is 1. The highest BCUT2D eigenvalue weighted by molar-refractivity contribution is 5.75. The lowest BCUT2D eigenvalue weighted by Gasteiger charge is -2.39. The first kappa shape index (κ1) is 21.3. The van der Waals surface area contributed by atoms with Gasteiger partial charge in [0.25, 0.3) is 5.82 Å². The van der Waals surface area contributed by atoms with Crippen molar-refractivity contribution in [2.45, 2.75) is 6.04 Å². The summed E-state index contributed by atoms with van der Waals surface area (Å²) in [4.78, 5) is 20.6. The minimum absolute atomic E-state index is 0.0175. The zero-order valence-electron chi connectivity index (χ0n) is 18.0. The van der Waals surface area contributed by atoms with E-state index >= 15 is 0 Å². The number of nitrogens with zero attached hydrogens (tertiary/aromatic N) is 6. The number of nitriles is 1. The van der Waals surface area contributed by atoms with Gasteiger partial charge in [-0.2, -0.15) is 9.94 Å². The number of hydrogen-bond acceptors (Lipinski definition) is 7. The van der Waals surface area contributed by atoms with Crippen molar-refractivity contribution in [3.63, 3.8) is 0 Å². The zero-order valence-corrected chi connectivity index (χ0v) is 18.0. The molecule has 3 aromatic rings. The Morgan fingerprint density at radius 1 is 0.938 bits per heavy atom. The third-order valence-electron chi connectivity index (χ3n) is 5.60. The number of carbonyl (C=O) groups excluding carboxylic acids is 1. The molecule has 1 saturated heterocycles. The van der Waals surface area contributed by atoms with Gasteiger partial charge in [-0.3, -0.25) is 4.90 Å². The summed E-state index contributed by atoms with van der Waals surface area (Å²) in [6, 6.07) is 17.7. The molecule has 0 aliphatic carbocycles. The van der Waals surface area contributed by atoms with E-state index in [9.17, 15) is 4.79 Å². The van der Waals surface area contributed by atoms with Crippen LogP contribution in [0.25, 0.3) is 0 Å². The van der Waals surface area contributed by atoms with Crippen LogP contribution in [0.3, 0.4) is 0 Å². The molecule has 2 aromatic carbocycles. The fourth-order valence-corrected chi connectivity index (χ4v) is 3.91. The third kappa shape index (κ3) is 4.40. The van der Waals surface area contributed by atoms with E-state index in [0.29, 0.717) is 26.2 Å². The second kappa shape index (κ2) is 9.49. The molecule has 1 aromatic heterocycles. The monoisotopic (exact) mass is 432 g/mol. The number of carbonyl (C=O) groups is 1. The summed E-state index contributed by atoms with van der Waals surface area (Å²) in [5.41, 5.74) is 2.29. The van der Waals surface area contributed by atoms with Gasteiger partial charge in [0.1, 0.15) is 23.9 Å². The van der Waals surface area contributed by atoms with Gasteiger partial charge in [-0.15, -0.1) is 5.10 Å². The molecule has 0 spiro atoms. The lowest BCUT2D eigenvalue weighted by Crippen LogP contribution is -2.51. The lowest BCUT2D eigenvalue weighted by atomic mass is 9.96. The van der Waals surface area contributed by atoms with Gasteiger partial charge < -0.3 is 14.4 Å². The Kier molecular flexibility index (Phi) is 6.33. The maximum atomic E-state index is 12.7. The van der Waals surface area contributed by atoms with E-state index in [0.717, 1.165) is 27.3 Å². The van der Waals surface area contributed by atoms with E-state index < -0.39 is 0 Å². The van der Waals surface area contributed by atoms with Gasteiger partial charge in [0, 0.05) is 26.2 Å².